The number of nitrogens with zero attached hydrogens (tertiary/aromatic N) is 3. The zero-order valence-electron chi connectivity index (χ0n) is 17.3. The van der Waals surface area contributed by atoms with Crippen molar-refractivity contribution < 1.29 is 14.0 Å². The van der Waals surface area contributed by atoms with Crippen LogP contribution in [0.1, 0.15) is 20.9 Å². The molecule has 0 radical (unpaired) electrons. The number of piperazine rings is 1. The molecule has 1 fully saturated rings. The molecule has 0 bridgehead atoms. The van der Waals surface area contributed by atoms with Crippen molar-refractivity contribution in [2.24, 2.45) is 0 Å². The molecule has 2 amide bonds. The van der Waals surface area contributed by atoms with Gasteiger partial charge in [-0.15, -0.1) is 0 Å². The van der Waals surface area contributed by atoms with Gasteiger partial charge in [-0.2, -0.15) is 0 Å². The molecule has 3 heterocycles. The first kappa shape index (κ1) is 20.3. The maximum Gasteiger partial charge on any atom is 0.289 e. The zero-order chi connectivity index (χ0) is 21.9. The highest BCUT2D eigenvalue weighted by atomic mass is 32.2. The van der Waals surface area contributed by atoms with Crippen molar-refractivity contribution in [1.29, 1.82) is 0 Å². The smallest absolute Gasteiger partial charge is 0.289 e. The number of hydrogen-bond acceptors (Lipinski definition) is 5. The van der Waals surface area contributed by atoms with Crippen LogP contribution in [0.15, 0.2) is 93.3 Å². The van der Waals surface area contributed by atoms with Gasteiger partial charge >= 0.3 is 0 Å². The summed E-state index contributed by atoms with van der Waals surface area (Å²) in [6.07, 6.45) is 1.70. The Bertz CT molecular complexity index is 1230. The van der Waals surface area contributed by atoms with Crippen LogP contribution < -0.4 is 0 Å². The van der Waals surface area contributed by atoms with Crippen molar-refractivity contribution in [3.63, 3.8) is 0 Å². The van der Waals surface area contributed by atoms with Crippen LogP contribution in [-0.2, 0) is 0 Å². The number of carbonyl (C=O) groups is 2. The van der Waals surface area contributed by atoms with Gasteiger partial charge in [0.15, 0.2) is 5.76 Å². The molecule has 0 unspecified atom stereocenters. The molecule has 6 nitrogen and oxygen atoms in total. The summed E-state index contributed by atoms with van der Waals surface area (Å²) in [6.45, 7) is 1.86. The molecule has 5 rings (SSSR count). The fraction of sp³-hybridized carbons (Fsp3) is 0.160. The van der Waals surface area contributed by atoms with Crippen LogP contribution in [0, 0.1) is 0 Å². The van der Waals surface area contributed by atoms with Crippen molar-refractivity contribution in [2.45, 2.75) is 9.92 Å². The highest BCUT2D eigenvalue weighted by Gasteiger charge is 2.28. The normalized spacial score (nSPS) is 14.0. The Morgan fingerprint density at radius 3 is 2.25 bits per heavy atom. The molecule has 2 aromatic carbocycles. The van der Waals surface area contributed by atoms with E-state index in [4.69, 9.17) is 4.42 Å². The first-order chi connectivity index (χ1) is 15.7. The Morgan fingerprint density at radius 2 is 1.50 bits per heavy atom. The summed E-state index contributed by atoms with van der Waals surface area (Å²) in [5.41, 5.74) is 1.28. The number of carbonyl (C=O) groups excluding carboxylic acids is 2. The Hall–Kier alpha value is -3.58. The molecule has 2 aromatic heterocycles. The standard InChI is InChI=1S/C25H21N3O3S/c29-24(20-10-6-12-26-23(20)32-19-8-2-1-3-9-19)27-13-15-28(16-14-27)25(30)22-17-18-7-4-5-11-21(18)31-22/h1-12,17H,13-16H2. The number of benzene rings is 2. The molecule has 1 aliphatic heterocycles. The maximum absolute atomic E-state index is 13.2. The van der Waals surface area contributed by atoms with E-state index >= 15 is 0 Å². The second kappa shape index (κ2) is 8.88. The van der Waals surface area contributed by atoms with E-state index in [2.05, 4.69) is 4.98 Å². The van der Waals surface area contributed by atoms with E-state index in [9.17, 15) is 9.59 Å². The van der Waals surface area contributed by atoms with Gasteiger partial charge in [0.25, 0.3) is 11.8 Å². The predicted octanol–water partition coefficient (Wildman–Crippen LogP) is 4.58. The van der Waals surface area contributed by atoms with E-state index < -0.39 is 0 Å². The van der Waals surface area contributed by atoms with Gasteiger partial charge in [-0.3, -0.25) is 9.59 Å². The molecule has 0 N–H and O–H groups in total. The van der Waals surface area contributed by atoms with E-state index in [1.54, 1.807) is 28.1 Å². The maximum atomic E-state index is 13.2. The van der Waals surface area contributed by atoms with Crippen LogP contribution in [0.3, 0.4) is 0 Å². The van der Waals surface area contributed by atoms with Crippen LogP contribution in [0.5, 0.6) is 0 Å². The molecular formula is C25H21N3O3S. The van der Waals surface area contributed by atoms with Crippen molar-refractivity contribution in [1.82, 2.24) is 14.8 Å². The average Bonchev–Trinajstić information content (AvgIpc) is 3.29. The molecule has 32 heavy (non-hydrogen) atoms. The fourth-order valence-electron chi connectivity index (χ4n) is 3.76. The quantitative estimate of drug-likeness (QED) is 0.462. The van der Waals surface area contributed by atoms with Gasteiger partial charge in [-0.1, -0.05) is 48.2 Å². The molecular weight excluding hydrogens is 422 g/mol. The molecule has 160 valence electrons. The van der Waals surface area contributed by atoms with E-state index in [0.717, 1.165) is 10.3 Å². The van der Waals surface area contributed by atoms with E-state index in [1.807, 2.05) is 60.7 Å². The number of fused-ring (bicyclic) bond motifs is 1. The number of hydrogen-bond donors (Lipinski definition) is 0. The van der Waals surface area contributed by atoms with Crippen LogP contribution in [0.2, 0.25) is 0 Å². The minimum atomic E-state index is -0.144. The zero-order valence-corrected chi connectivity index (χ0v) is 18.1. The number of rotatable bonds is 4. The second-order valence-electron chi connectivity index (χ2n) is 7.50. The van der Waals surface area contributed by atoms with Crippen LogP contribution in [-0.4, -0.2) is 52.8 Å². The van der Waals surface area contributed by atoms with Gasteiger partial charge in [0.2, 0.25) is 0 Å². The van der Waals surface area contributed by atoms with Crippen molar-refractivity contribution >= 4 is 34.5 Å². The van der Waals surface area contributed by atoms with E-state index in [0.29, 0.717) is 48.1 Å². The Kier molecular flexibility index (Phi) is 5.64. The molecule has 1 saturated heterocycles. The molecule has 0 atom stereocenters. The van der Waals surface area contributed by atoms with Gasteiger partial charge in [-0.25, -0.2) is 4.98 Å². The van der Waals surface area contributed by atoms with Crippen LogP contribution in [0.25, 0.3) is 11.0 Å². The third-order valence-electron chi connectivity index (χ3n) is 5.45. The highest BCUT2D eigenvalue weighted by Crippen LogP contribution is 2.29. The summed E-state index contributed by atoms with van der Waals surface area (Å²) >= 11 is 1.48. The van der Waals surface area contributed by atoms with E-state index in [-0.39, 0.29) is 11.8 Å². The molecule has 0 spiro atoms. The summed E-state index contributed by atoms with van der Waals surface area (Å²) < 4.78 is 5.72. The van der Waals surface area contributed by atoms with Gasteiger partial charge in [0.05, 0.1) is 5.56 Å². The Morgan fingerprint density at radius 1 is 0.812 bits per heavy atom. The van der Waals surface area contributed by atoms with Gasteiger partial charge < -0.3 is 14.2 Å². The predicted molar refractivity (Wildman–Crippen MR) is 123 cm³/mol. The summed E-state index contributed by atoms with van der Waals surface area (Å²) in [7, 11) is 0. The molecule has 4 aromatic rings. The highest BCUT2D eigenvalue weighted by molar-refractivity contribution is 7.99. The summed E-state index contributed by atoms with van der Waals surface area (Å²) in [4.78, 5) is 35.1. The van der Waals surface area contributed by atoms with Crippen molar-refractivity contribution in [2.75, 3.05) is 26.2 Å². The fourth-order valence-corrected chi connectivity index (χ4v) is 4.66. The lowest BCUT2D eigenvalue weighted by atomic mass is 10.2. The van der Waals surface area contributed by atoms with Crippen molar-refractivity contribution in [3.8, 4) is 0 Å². The minimum absolute atomic E-state index is 0.0626. The summed E-state index contributed by atoms with van der Waals surface area (Å²) in [6, 6.07) is 22.8. The minimum Gasteiger partial charge on any atom is -0.451 e. The van der Waals surface area contributed by atoms with E-state index in [1.165, 1.54) is 11.8 Å². The first-order valence-corrected chi connectivity index (χ1v) is 11.3. The van der Waals surface area contributed by atoms with Crippen LogP contribution in [0.4, 0.5) is 0 Å². The Labute approximate surface area is 189 Å². The Balaban J connectivity index is 1.26. The average molecular weight is 444 g/mol. The number of para-hydroxylation sites is 1. The molecule has 7 heteroatoms. The summed E-state index contributed by atoms with van der Waals surface area (Å²) in [5, 5.41) is 1.59. The lowest BCUT2D eigenvalue weighted by Gasteiger charge is -2.34. The van der Waals surface area contributed by atoms with Crippen LogP contribution >= 0.6 is 11.8 Å². The number of pyridine rings is 1. The van der Waals surface area contributed by atoms with Gasteiger partial charge in [0, 0.05) is 42.7 Å². The SMILES string of the molecule is O=C(c1cc2ccccc2o1)N1CCN(C(=O)c2cccnc2Sc2ccccc2)CC1. The monoisotopic (exact) mass is 443 g/mol. The number of amides is 2. The number of aromatic nitrogens is 1. The van der Waals surface area contributed by atoms with Gasteiger partial charge in [0.1, 0.15) is 10.6 Å². The second-order valence-corrected chi connectivity index (χ2v) is 8.57. The van der Waals surface area contributed by atoms with Gasteiger partial charge in [-0.05, 0) is 36.4 Å². The first-order valence-electron chi connectivity index (χ1n) is 10.4. The lowest BCUT2D eigenvalue weighted by Crippen LogP contribution is -2.50. The lowest BCUT2D eigenvalue weighted by molar-refractivity contribution is 0.0517. The summed E-state index contributed by atoms with van der Waals surface area (Å²) in [5.74, 6) is 0.127. The number of furan rings is 1. The van der Waals surface area contributed by atoms with Crippen molar-refractivity contribution in [3.05, 3.63) is 90.3 Å². The molecule has 1 aliphatic rings. The molecule has 0 saturated carbocycles. The third kappa shape index (κ3) is 4.11. The topological polar surface area (TPSA) is 66.7 Å². The molecule has 0 aliphatic carbocycles. The third-order valence-corrected chi connectivity index (χ3v) is 6.48. The largest absolute Gasteiger partial charge is 0.451 e.